The summed E-state index contributed by atoms with van der Waals surface area (Å²) in [4.78, 5) is 25.6. The lowest BCUT2D eigenvalue weighted by Gasteiger charge is -2.06. The zero-order chi connectivity index (χ0) is 10.4. The van der Waals surface area contributed by atoms with Crippen LogP contribution in [0.1, 0.15) is 27.2 Å². The minimum atomic E-state index is -0.717. The number of Topliss-reactive ketones (excluding diaryl/α,β-unsaturated/α-hetero) is 1. The van der Waals surface area contributed by atoms with Crippen LogP contribution >= 0.6 is 0 Å². The van der Waals surface area contributed by atoms with Gasteiger partial charge in [0.15, 0.2) is 5.78 Å². The van der Waals surface area contributed by atoms with Gasteiger partial charge in [0.05, 0.1) is 12.8 Å². The number of hydrogen-bond acceptors (Lipinski definition) is 3. The molecule has 0 rings (SSSR count). The highest BCUT2D eigenvalue weighted by atomic mass is 16.5. The molecule has 0 aliphatic rings. The molecule has 0 N–H and O–H groups in total. The van der Waals surface area contributed by atoms with Crippen molar-refractivity contribution < 1.29 is 14.3 Å². The number of carbonyl (C=O) groups excluding carboxylic acids is 2. The predicted molar refractivity (Wildman–Crippen MR) is 50.0 cm³/mol. The lowest BCUT2D eigenvalue weighted by atomic mass is 10.0. The smallest absolute Gasteiger partial charge is 0.433 e. The summed E-state index contributed by atoms with van der Waals surface area (Å²) in [5.41, 5.74) is 0.286. The Morgan fingerprint density at radius 3 is 2.23 bits per heavy atom. The van der Waals surface area contributed by atoms with E-state index in [1.807, 2.05) is 13.8 Å². The first-order valence-electron chi connectivity index (χ1n) is 4.22. The van der Waals surface area contributed by atoms with Gasteiger partial charge in [-0.05, 0) is 5.92 Å². The second kappa shape index (κ2) is 5.45. The number of aliphatic imine (C=N–C) groups is 1. The van der Waals surface area contributed by atoms with Gasteiger partial charge >= 0.3 is 6.09 Å². The minimum absolute atomic E-state index is 0.0495. The fourth-order valence-corrected chi connectivity index (χ4v) is 0.839. The molecule has 0 radical (unpaired) electrons. The van der Waals surface area contributed by atoms with Crippen molar-refractivity contribution in [1.82, 2.24) is 0 Å². The Hall–Kier alpha value is -1.19. The van der Waals surface area contributed by atoms with Crippen LogP contribution in [0.3, 0.4) is 0 Å². The Kier molecular flexibility index (Phi) is 4.96. The van der Waals surface area contributed by atoms with Crippen molar-refractivity contribution in [3.8, 4) is 0 Å². The topological polar surface area (TPSA) is 55.7 Å². The van der Waals surface area contributed by atoms with Crippen LogP contribution in [0.5, 0.6) is 0 Å². The van der Waals surface area contributed by atoms with Gasteiger partial charge < -0.3 is 4.74 Å². The molecule has 4 heteroatoms. The molecule has 0 aliphatic carbocycles. The second-order valence-corrected chi connectivity index (χ2v) is 2.90. The quantitative estimate of drug-likeness (QED) is 0.630. The van der Waals surface area contributed by atoms with Crippen LogP contribution in [-0.2, 0) is 9.53 Å². The van der Waals surface area contributed by atoms with Gasteiger partial charge in [-0.3, -0.25) is 4.79 Å². The average Bonchev–Trinajstić information content (AvgIpc) is 2.11. The third-order valence-corrected chi connectivity index (χ3v) is 1.54. The maximum Gasteiger partial charge on any atom is 0.433 e. The highest BCUT2D eigenvalue weighted by molar-refractivity contribution is 6.41. The van der Waals surface area contributed by atoms with Gasteiger partial charge in [0.1, 0.15) is 0 Å². The van der Waals surface area contributed by atoms with E-state index in [0.717, 1.165) is 0 Å². The highest BCUT2D eigenvalue weighted by Gasteiger charge is 2.15. The van der Waals surface area contributed by atoms with Gasteiger partial charge in [0, 0.05) is 6.42 Å². The summed E-state index contributed by atoms with van der Waals surface area (Å²) in [6.07, 6.45) is -0.362. The number of rotatable bonds is 3. The maximum absolute atomic E-state index is 11.3. The first-order valence-corrected chi connectivity index (χ1v) is 4.22. The number of ketones is 1. The molecule has 0 aromatic rings. The van der Waals surface area contributed by atoms with Crippen molar-refractivity contribution in [2.24, 2.45) is 10.9 Å². The van der Waals surface area contributed by atoms with Crippen molar-refractivity contribution in [3.63, 3.8) is 0 Å². The lowest BCUT2D eigenvalue weighted by molar-refractivity contribution is -0.112. The number of carbonyl (C=O) groups is 2. The molecule has 0 saturated heterocycles. The molecule has 1 amide bonds. The summed E-state index contributed by atoms with van der Waals surface area (Å²) in [7, 11) is 1.24. The molecule has 0 heterocycles. The van der Waals surface area contributed by atoms with E-state index in [1.54, 1.807) is 6.92 Å². The molecule has 0 aliphatic heterocycles. The standard InChI is InChI=1S/C9H15NO3/c1-5-7(11)8(6(2)3)10-9(12)13-4/h6H,5H2,1-4H3. The van der Waals surface area contributed by atoms with Crippen LogP contribution < -0.4 is 0 Å². The van der Waals surface area contributed by atoms with Gasteiger partial charge in [0.25, 0.3) is 0 Å². The number of amides is 1. The van der Waals surface area contributed by atoms with Crippen LogP contribution in [0.4, 0.5) is 4.79 Å². The van der Waals surface area contributed by atoms with Crippen LogP contribution in [-0.4, -0.2) is 24.7 Å². The van der Waals surface area contributed by atoms with E-state index < -0.39 is 6.09 Å². The summed E-state index contributed by atoms with van der Waals surface area (Å²) in [5.74, 6) is -0.160. The van der Waals surface area contributed by atoms with Crippen molar-refractivity contribution in [2.75, 3.05) is 7.11 Å². The van der Waals surface area contributed by atoms with Crippen LogP contribution in [0.2, 0.25) is 0 Å². The first kappa shape index (κ1) is 11.8. The van der Waals surface area contributed by atoms with Crippen molar-refractivity contribution in [3.05, 3.63) is 0 Å². The molecule has 4 nitrogen and oxygen atoms in total. The highest BCUT2D eigenvalue weighted by Crippen LogP contribution is 2.02. The summed E-state index contributed by atoms with van der Waals surface area (Å²) in [6.45, 7) is 5.36. The Morgan fingerprint density at radius 1 is 1.38 bits per heavy atom. The molecule has 0 aromatic carbocycles. The number of nitrogens with zero attached hydrogens (tertiary/aromatic N) is 1. The summed E-state index contributed by atoms with van der Waals surface area (Å²) in [6, 6.07) is 0. The molecule has 0 saturated carbocycles. The molecular weight excluding hydrogens is 170 g/mol. The first-order chi connectivity index (χ1) is 6.02. The van der Waals surface area contributed by atoms with E-state index in [4.69, 9.17) is 0 Å². The molecule has 0 bridgehead atoms. The number of hydrogen-bond donors (Lipinski definition) is 0. The Morgan fingerprint density at radius 2 is 1.92 bits per heavy atom. The Labute approximate surface area is 78.0 Å². The monoisotopic (exact) mass is 185 g/mol. The molecule has 0 aromatic heterocycles. The molecule has 74 valence electrons. The van der Waals surface area contributed by atoms with Crippen LogP contribution in [0, 0.1) is 5.92 Å². The second-order valence-electron chi connectivity index (χ2n) is 2.90. The zero-order valence-corrected chi connectivity index (χ0v) is 8.46. The van der Waals surface area contributed by atoms with Crippen molar-refractivity contribution in [1.29, 1.82) is 0 Å². The molecule has 0 unspecified atom stereocenters. The minimum Gasteiger partial charge on any atom is -0.451 e. The molecule has 0 spiro atoms. The molecule has 0 fully saturated rings. The third-order valence-electron chi connectivity index (χ3n) is 1.54. The van der Waals surface area contributed by atoms with Crippen molar-refractivity contribution >= 4 is 17.6 Å². The van der Waals surface area contributed by atoms with Crippen molar-refractivity contribution in [2.45, 2.75) is 27.2 Å². The third kappa shape index (κ3) is 3.83. The number of ether oxygens (including phenoxy) is 1. The van der Waals surface area contributed by atoms with Gasteiger partial charge in [-0.25, -0.2) is 4.79 Å². The van der Waals surface area contributed by atoms with E-state index >= 15 is 0 Å². The van der Waals surface area contributed by atoms with Crippen LogP contribution in [0.25, 0.3) is 0 Å². The van der Waals surface area contributed by atoms with Gasteiger partial charge in [-0.2, -0.15) is 4.99 Å². The van der Waals surface area contributed by atoms with Gasteiger partial charge in [-0.15, -0.1) is 0 Å². The Balaban J connectivity index is 4.70. The lowest BCUT2D eigenvalue weighted by Crippen LogP contribution is -2.21. The molecular formula is C9H15NO3. The van der Waals surface area contributed by atoms with E-state index in [2.05, 4.69) is 9.73 Å². The Bertz CT molecular complexity index is 231. The number of methoxy groups -OCH3 is 1. The van der Waals surface area contributed by atoms with Gasteiger partial charge in [-0.1, -0.05) is 20.8 Å². The van der Waals surface area contributed by atoms with E-state index in [9.17, 15) is 9.59 Å². The summed E-state index contributed by atoms with van der Waals surface area (Å²) >= 11 is 0. The van der Waals surface area contributed by atoms with E-state index in [0.29, 0.717) is 6.42 Å². The SMILES string of the molecule is CCC(=O)C(=NC(=O)OC)C(C)C. The van der Waals surface area contributed by atoms with Crippen LogP contribution in [0.15, 0.2) is 4.99 Å². The largest absolute Gasteiger partial charge is 0.451 e. The average molecular weight is 185 g/mol. The summed E-state index contributed by atoms with van der Waals surface area (Å²) < 4.78 is 4.35. The fourth-order valence-electron chi connectivity index (χ4n) is 0.839. The normalized spacial score (nSPS) is 11.6. The molecule has 13 heavy (non-hydrogen) atoms. The fraction of sp³-hybridized carbons (Fsp3) is 0.667. The van der Waals surface area contributed by atoms with E-state index in [1.165, 1.54) is 7.11 Å². The zero-order valence-electron chi connectivity index (χ0n) is 8.46. The summed E-state index contributed by atoms with van der Waals surface area (Å²) in [5, 5.41) is 0. The maximum atomic E-state index is 11.3. The van der Waals surface area contributed by atoms with Gasteiger partial charge in [0.2, 0.25) is 0 Å². The van der Waals surface area contributed by atoms with E-state index in [-0.39, 0.29) is 17.4 Å². The molecule has 0 atom stereocenters. The predicted octanol–water partition coefficient (Wildman–Crippen LogP) is 1.83.